The number of likely N-dealkylation sites (N-methyl/N-ethyl adjacent to an activating group) is 1. The molecule has 3 rings (SSSR count). The highest BCUT2D eigenvalue weighted by atomic mass is 32.2. The molecule has 0 saturated carbocycles. The molecule has 0 N–H and O–H groups in total. The summed E-state index contributed by atoms with van der Waals surface area (Å²) in [5.41, 5.74) is 3.52. The molecule has 1 aromatic heterocycles. The van der Waals surface area contributed by atoms with Crippen LogP contribution in [0.5, 0.6) is 5.75 Å². The van der Waals surface area contributed by atoms with Crippen LogP contribution in [-0.4, -0.2) is 36.9 Å². The average Bonchev–Trinajstić information content (AvgIpc) is 2.54. The Bertz CT molecular complexity index is 682. The maximum Gasteiger partial charge on any atom is 0.189 e. The normalized spacial score (nSPS) is 13.7. The lowest BCUT2D eigenvalue weighted by Gasteiger charge is -2.26. The molecule has 0 aliphatic carbocycles. The quantitative estimate of drug-likeness (QED) is 0.643. The zero-order valence-corrected chi connectivity index (χ0v) is 13.1. The van der Waals surface area contributed by atoms with Gasteiger partial charge in [0, 0.05) is 25.4 Å². The predicted octanol–water partition coefficient (Wildman–Crippen LogP) is 3.20. The number of thioether (sulfide) groups is 1. The first kappa shape index (κ1) is 13.9. The average molecular weight is 299 g/mol. The predicted molar refractivity (Wildman–Crippen MR) is 87.9 cm³/mol. The van der Waals surface area contributed by atoms with Gasteiger partial charge >= 0.3 is 0 Å². The third kappa shape index (κ3) is 2.74. The third-order valence-corrected chi connectivity index (χ3v) is 4.08. The van der Waals surface area contributed by atoms with Gasteiger partial charge in [-0.2, -0.15) is 0 Å². The summed E-state index contributed by atoms with van der Waals surface area (Å²) < 4.78 is 5.21. The molecule has 0 atom stereocenters. The van der Waals surface area contributed by atoms with Gasteiger partial charge in [0.05, 0.1) is 7.11 Å². The fourth-order valence-corrected chi connectivity index (χ4v) is 2.75. The Labute approximate surface area is 128 Å². The highest BCUT2D eigenvalue weighted by Crippen LogP contribution is 2.31. The van der Waals surface area contributed by atoms with Gasteiger partial charge in [0.25, 0.3) is 0 Å². The van der Waals surface area contributed by atoms with Crippen molar-refractivity contribution in [3.05, 3.63) is 41.6 Å². The van der Waals surface area contributed by atoms with Gasteiger partial charge in [0.1, 0.15) is 11.6 Å². The lowest BCUT2D eigenvalue weighted by Crippen LogP contribution is -2.25. The summed E-state index contributed by atoms with van der Waals surface area (Å²) in [6.45, 7) is 0.837. The van der Waals surface area contributed by atoms with Crippen LogP contribution in [-0.2, 0) is 0 Å². The minimum absolute atomic E-state index is 0.807. The van der Waals surface area contributed by atoms with Crippen LogP contribution < -0.4 is 9.64 Å². The van der Waals surface area contributed by atoms with Gasteiger partial charge in [-0.3, -0.25) is 0 Å². The minimum Gasteiger partial charge on any atom is -0.497 e. The number of hydrogen-bond acceptors (Lipinski definition) is 5. The standard InChI is InChI=1S/C16H17N3OS/c1-19-10-13(11-4-6-14(20-2)7-5-11)8-12-9-17-16(21-3)18-15(12)19/h4-9H,10H2,1-3H3. The maximum absolute atomic E-state index is 5.21. The van der Waals surface area contributed by atoms with E-state index in [1.165, 1.54) is 11.1 Å². The van der Waals surface area contributed by atoms with Crippen LogP contribution in [0.1, 0.15) is 11.1 Å². The first-order valence-corrected chi connectivity index (χ1v) is 7.91. The molecule has 1 aliphatic heterocycles. The molecule has 21 heavy (non-hydrogen) atoms. The molecule has 1 aliphatic rings. The first-order chi connectivity index (χ1) is 10.2. The maximum atomic E-state index is 5.21. The van der Waals surface area contributed by atoms with Crippen molar-refractivity contribution in [3.8, 4) is 5.75 Å². The van der Waals surface area contributed by atoms with Crippen molar-refractivity contribution in [2.45, 2.75) is 5.16 Å². The molecule has 0 radical (unpaired) electrons. The van der Waals surface area contributed by atoms with Crippen LogP contribution in [0.25, 0.3) is 11.6 Å². The number of anilines is 1. The molecule has 0 spiro atoms. The van der Waals surface area contributed by atoms with Gasteiger partial charge in [-0.25, -0.2) is 9.97 Å². The van der Waals surface area contributed by atoms with E-state index in [4.69, 9.17) is 4.74 Å². The van der Waals surface area contributed by atoms with E-state index in [1.807, 2.05) is 24.6 Å². The lowest BCUT2D eigenvalue weighted by molar-refractivity contribution is 0.415. The van der Waals surface area contributed by atoms with Crippen LogP contribution >= 0.6 is 11.8 Å². The van der Waals surface area contributed by atoms with Crippen molar-refractivity contribution in [2.24, 2.45) is 0 Å². The number of aromatic nitrogens is 2. The fraction of sp³-hybridized carbons (Fsp3) is 0.250. The van der Waals surface area contributed by atoms with Crippen molar-refractivity contribution in [2.75, 3.05) is 31.9 Å². The molecule has 0 amide bonds. The Hall–Kier alpha value is -2.01. The zero-order valence-electron chi connectivity index (χ0n) is 12.3. The highest BCUT2D eigenvalue weighted by molar-refractivity contribution is 7.98. The number of benzene rings is 1. The summed E-state index contributed by atoms with van der Waals surface area (Å²) >= 11 is 1.56. The van der Waals surface area contributed by atoms with Crippen LogP contribution in [0.15, 0.2) is 35.6 Å². The van der Waals surface area contributed by atoms with E-state index in [9.17, 15) is 0 Å². The molecular weight excluding hydrogens is 282 g/mol. The van der Waals surface area contributed by atoms with Gasteiger partial charge in [-0.15, -0.1) is 0 Å². The third-order valence-electron chi connectivity index (χ3n) is 3.52. The lowest BCUT2D eigenvalue weighted by atomic mass is 10.00. The minimum atomic E-state index is 0.807. The van der Waals surface area contributed by atoms with Gasteiger partial charge in [0.15, 0.2) is 5.16 Å². The number of nitrogens with zero attached hydrogens (tertiary/aromatic N) is 3. The molecule has 2 aromatic rings. The molecule has 0 fully saturated rings. The Morgan fingerprint density at radius 1 is 1.24 bits per heavy atom. The SMILES string of the molecule is COc1ccc(C2=Cc3cnc(SC)nc3N(C)C2)cc1. The second-order valence-electron chi connectivity index (χ2n) is 4.89. The van der Waals surface area contributed by atoms with Gasteiger partial charge in [-0.05, 0) is 35.6 Å². The number of fused-ring (bicyclic) bond motifs is 1. The molecule has 4 nitrogen and oxygen atoms in total. The van der Waals surface area contributed by atoms with Gasteiger partial charge in [0.2, 0.25) is 0 Å². The monoisotopic (exact) mass is 299 g/mol. The van der Waals surface area contributed by atoms with E-state index in [2.05, 4.69) is 40.1 Å². The molecule has 1 aromatic carbocycles. The molecule has 0 unspecified atom stereocenters. The topological polar surface area (TPSA) is 38.3 Å². The van der Waals surface area contributed by atoms with Crippen molar-refractivity contribution in [1.82, 2.24) is 9.97 Å². The van der Waals surface area contributed by atoms with Crippen LogP contribution in [0.3, 0.4) is 0 Å². The first-order valence-electron chi connectivity index (χ1n) is 6.68. The number of hydrogen-bond donors (Lipinski definition) is 0. The smallest absolute Gasteiger partial charge is 0.189 e. The van der Waals surface area contributed by atoms with E-state index in [-0.39, 0.29) is 0 Å². The van der Waals surface area contributed by atoms with E-state index in [1.54, 1.807) is 18.9 Å². The zero-order chi connectivity index (χ0) is 14.8. The van der Waals surface area contributed by atoms with Crippen molar-refractivity contribution in [3.63, 3.8) is 0 Å². The highest BCUT2D eigenvalue weighted by Gasteiger charge is 2.18. The molecule has 108 valence electrons. The van der Waals surface area contributed by atoms with Gasteiger partial charge < -0.3 is 9.64 Å². The molecular formula is C16H17N3OS. The number of ether oxygens (including phenoxy) is 1. The number of rotatable bonds is 3. The van der Waals surface area contributed by atoms with Crippen molar-refractivity contribution >= 4 is 29.2 Å². The summed E-state index contributed by atoms with van der Waals surface area (Å²) in [6.07, 6.45) is 6.05. The van der Waals surface area contributed by atoms with Crippen LogP contribution in [0, 0.1) is 0 Å². The van der Waals surface area contributed by atoms with E-state index in [0.29, 0.717) is 0 Å². The Kier molecular flexibility index (Phi) is 3.84. The fourth-order valence-electron chi connectivity index (χ4n) is 2.42. The molecule has 5 heteroatoms. The van der Waals surface area contributed by atoms with Gasteiger partial charge in [-0.1, -0.05) is 23.9 Å². The van der Waals surface area contributed by atoms with Crippen LogP contribution in [0.2, 0.25) is 0 Å². The summed E-state index contributed by atoms with van der Waals surface area (Å²) in [5, 5.41) is 0.807. The second kappa shape index (κ2) is 5.77. The second-order valence-corrected chi connectivity index (χ2v) is 5.66. The largest absolute Gasteiger partial charge is 0.497 e. The van der Waals surface area contributed by atoms with Crippen molar-refractivity contribution in [1.29, 1.82) is 0 Å². The van der Waals surface area contributed by atoms with Crippen LogP contribution in [0.4, 0.5) is 5.82 Å². The Morgan fingerprint density at radius 2 is 2.00 bits per heavy atom. The van der Waals surface area contributed by atoms with E-state index in [0.717, 1.165) is 28.8 Å². The molecule has 0 saturated heterocycles. The summed E-state index contributed by atoms with van der Waals surface area (Å²) in [7, 11) is 3.74. The van der Waals surface area contributed by atoms with Crippen molar-refractivity contribution < 1.29 is 4.74 Å². The number of methoxy groups -OCH3 is 1. The summed E-state index contributed by atoms with van der Waals surface area (Å²) in [5.74, 6) is 1.86. The summed E-state index contributed by atoms with van der Waals surface area (Å²) in [6, 6.07) is 8.14. The Balaban J connectivity index is 1.98. The summed E-state index contributed by atoms with van der Waals surface area (Å²) in [4.78, 5) is 11.1. The molecule has 0 bridgehead atoms. The van der Waals surface area contributed by atoms with E-state index < -0.39 is 0 Å². The molecule has 2 heterocycles. The Morgan fingerprint density at radius 3 is 2.67 bits per heavy atom. The van der Waals surface area contributed by atoms with E-state index >= 15 is 0 Å².